The maximum Gasteiger partial charge on any atom is 0.573 e. The average molecular weight is 429 g/mol. The van der Waals surface area contributed by atoms with Crippen LogP contribution in [-0.2, 0) is 6.54 Å². The van der Waals surface area contributed by atoms with E-state index >= 15 is 0 Å². The number of aromatic nitrogens is 2. The van der Waals surface area contributed by atoms with Crippen molar-refractivity contribution in [2.24, 2.45) is 0 Å². The number of alkyl halides is 6. The molecule has 0 aliphatic carbocycles. The topological polar surface area (TPSA) is 56.3 Å². The number of ether oxygens (including phenoxy) is 2. The Morgan fingerprint density at radius 1 is 0.700 bits per heavy atom. The highest BCUT2D eigenvalue weighted by Crippen LogP contribution is 2.29. The van der Waals surface area contributed by atoms with E-state index in [1.54, 1.807) is 0 Å². The first-order valence-electron chi connectivity index (χ1n) is 8.35. The summed E-state index contributed by atoms with van der Waals surface area (Å²) in [6.45, 7) is 0.216. The fourth-order valence-corrected chi connectivity index (χ4v) is 2.49. The molecule has 0 bridgehead atoms. The quantitative estimate of drug-likeness (QED) is 0.521. The Balaban J connectivity index is 1.70. The number of hydrogen-bond donors (Lipinski definition) is 1. The second-order valence-corrected chi connectivity index (χ2v) is 5.87. The first-order chi connectivity index (χ1) is 14.1. The van der Waals surface area contributed by atoms with Gasteiger partial charge in [0.05, 0.1) is 0 Å². The summed E-state index contributed by atoms with van der Waals surface area (Å²) in [5.74, 6) is -0.365. The molecule has 1 N–H and O–H groups in total. The fraction of sp³-hybridized carbons (Fsp3) is 0.158. The SMILES string of the molecule is FC(F)(F)Oc1ccc(CNc2nccnc2-c2ccc(OC(F)(F)F)cc2)cc1. The molecule has 0 aliphatic heterocycles. The number of nitrogens with zero attached hydrogens (tertiary/aromatic N) is 2. The van der Waals surface area contributed by atoms with Crippen molar-refractivity contribution in [3.05, 3.63) is 66.5 Å². The Morgan fingerprint density at radius 2 is 1.20 bits per heavy atom. The highest BCUT2D eigenvalue weighted by Gasteiger charge is 2.31. The molecule has 3 rings (SSSR count). The van der Waals surface area contributed by atoms with Gasteiger partial charge in [0.1, 0.15) is 17.2 Å². The zero-order chi connectivity index (χ0) is 21.8. The van der Waals surface area contributed by atoms with Crippen LogP contribution in [0.4, 0.5) is 32.2 Å². The smallest absolute Gasteiger partial charge is 0.406 e. The van der Waals surface area contributed by atoms with Crippen LogP contribution in [0, 0.1) is 0 Å². The van der Waals surface area contributed by atoms with Gasteiger partial charge in [-0.05, 0) is 42.0 Å². The molecule has 0 saturated heterocycles. The molecule has 30 heavy (non-hydrogen) atoms. The third-order valence-corrected chi connectivity index (χ3v) is 3.68. The van der Waals surface area contributed by atoms with Crippen LogP contribution in [0.3, 0.4) is 0 Å². The Bertz CT molecular complexity index is 973. The second kappa shape index (κ2) is 8.47. The van der Waals surface area contributed by atoms with Gasteiger partial charge in [0.2, 0.25) is 0 Å². The Morgan fingerprint density at radius 3 is 1.73 bits per heavy atom. The Labute approximate surface area is 166 Å². The van der Waals surface area contributed by atoms with Gasteiger partial charge < -0.3 is 14.8 Å². The largest absolute Gasteiger partial charge is 0.573 e. The molecule has 1 aromatic heterocycles. The van der Waals surface area contributed by atoms with Crippen LogP contribution in [0.25, 0.3) is 11.3 Å². The standard InChI is InChI=1S/C19H13F6N3O2/c20-18(21,22)29-14-5-1-12(2-6-14)11-28-17-16(26-9-10-27-17)13-3-7-15(8-4-13)30-19(23,24)25/h1-10H,11H2,(H,27,28). The number of halogens is 6. The molecule has 5 nitrogen and oxygen atoms in total. The molecule has 0 spiro atoms. The molecule has 11 heteroatoms. The van der Waals surface area contributed by atoms with Crippen molar-refractivity contribution in [3.63, 3.8) is 0 Å². The van der Waals surface area contributed by atoms with Gasteiger partial charge in [0.15, 0.2) is 5.82 Å². The van der Waals surface area contributed by atoms with Gasteiger partial charge in [-0.2, -0.15) is 0 Å². The minimum atomic E-state index is -4.79. The predicted octanol–water partition coefficient (Wildman–Crippen LogP) is 5.55. The van der Waals surface area contributed by atoms with Gasteiger partial charge in [-0.25, -0.2) is 4.98 Å². The lowest BCUT2D eigenvalue weighted by atomic mass is 10.1. The summed E-state index contributed by atoms with van der Waals surface area (Å²) in [6, 6.07) is 10.4. The van der Waals surface area contributed by atoms with E-state index in [1.165, 1.54) is 48.8 Å². The molecule has 0 fully saturated rings. The highest BCUT2D eigenvalue weighted by molar-refractivity contribution is 5.71. The minimum absolute atomic E-state index is 0.216. The van der Waals surface area contributed by atoms with E-state index in [0.29, 0.717) is 22.6 Å². The lowest BCUT2D eigenvalue weighted by Gasteiger charge is -2.12. The minimum Gasteiger partial charge on any atom is -0.406 e. The van der Waals surface area contributed by atoms with Crippen LogP contribution in [-0.4, -0.2) is 22.7 Å². The monoisotopic (exact) mass is 429 g/mol. The Hall–Kier alpha value is -3.50. The van der Waals surface area contributed by atoms with Crippen LogP contribution >= 0.6 is 0 Å². The molecule has 0 amide bonds. The highest BCUT2D eigenvalue weighted by atomic mass is 19.4. The third-order valence-electron chi connectivity index (χ3n) is 3.68. The van der Waals surface area contributed by atoms with Crippen molar-refractivity contribution in [1.29, 1.82) is 0 Å². The summed E-state index contributed by atoms with van der Waals surface area (Å²) in [7, 11) is 0. The zero-order valence-corrected chi connectivity index (χ0v) is 15.0. The van der Waals surface area contributed by atoms with Crippen LogP contribution < -0.4 is 14.8 Å². The molecule has 1 heterocycles. The lowest BCUT2D eigenvalue weighted by molar-refractivity contribution is -0.275. The molecule has 0 saturated carbocycles. The van der Waals surface area contributed by atoms with Crippen molar-refractivity contribution in [3.8, 4) is 22.8 Å². The maximum atomic E-state index is 12.3. The van der Waals surface area contributed by atoms with Crippen molar-refractivity contribution in [2.45, 2.75) is 19.3 Å². The number of benzene rings is 2. The molecule has 0 aliphatic rings. The van der Waals surface area contributed by atoms with Gasteiger partial charge in [-0.1, -0.05) is 12.1 Å². The van der Waals surface area contributed by atoms with Gasteiger partial charge >= 0.3 is 12.7 Å². The fourth-order valence-electron chi connectivity index (χ4n) is 2.49. The summed E-state index contributed by atoms with van der Waals surface area (Å²) < 4.78 is 81.1. The molecular formula is C19H13F6N3O2. The van der Waals surface area contributed by atoms with Crippen molar-refractivity contribution in [2.75, 3.05) is 5.32 Å². The summed E-state index contributed by atoms with van der Waals surface area (Å²) >= 11 is 0. The lowest BCUT2D eigenvalue weighted by Crippen LogP contribution is -2.17. The van der Waals surface area contributed by atoms with E-state index in [0.717, 1.165) is 12.1 Å². The summed E-state index contributed by atoms with van der Waals surface area (Å²) in [5.41, 5.74) is 1.53. The van der Waals surface area contributed by atoms with E-state index < -0.39 is 12.7 Å². The number of nitrogens with one attached hydrogen (secondary N) is 1. The van der Waals surface area contributed by atoms with Crippen LogP contribution in [0.15, 0.2) is 60.9 Å². The summed E-state index contributed by atoms with van der Waals surface area (Å²) in [5, 5.41) is 3.00. The summed E-state index contributed by atoms with van der Waals surface area (Å²) in [6.07, 6.45) is -6.71. The third kappa shape index (κ3) is 6.26. The van der Waals surface area contributed by atoms with Crippen molar-refractivity contribution < 1.29 is 35.8 Å². The molecule has 0 radical (unpaired) electrons. The van der Waals surface area contributed by atoms with E-state index in [4.69, 9.17) is 0 Å². The van der Waals surface area contributed by atoms with Crippen LogP contribution in [0.2, 0.25) is 0 Å². The normalized spacial score (nSPS) is 11.8. The molecule has 0 atom stereocenters. The van der Waals surface area contributed by atoms with Gasteiger partial charge in [0.25, 0.3) is 0 Å². The number of hydrogen-bond acceptors (Lipinski definition) is 5. The Kier molecular flexibility index (Phi) is 5.99. The zero-order valence-electron chi connectivity index (χ0n) is 15.0. The van der Waals surface area contributed by atoms with E-state index in [-0.39, 0.29) is 18.0 Å². The number of rotatable bonds is 6. The van der Waals surface area contributed by atoms with Crippen LogP contribution in [0.5, 0.6) is 11.5 Å². The second-order valence-electron chi connectivity index (χ2n) is 5.87. The van der Waals surface area contributed by atoms with Crippen molar-refractivity contribution >= 4 is 5.82 Å². The van der Waals surface area contributed by atoms with Crippen molar-refractivity contribution in [1.82, 2.24) is 9.97 Å². The van der Waals surface area contributed by atoms with Gasteiger partial charge in [-0.15, -0.1) is 26.3 Å². The molecule has 3 aromatic rings. The maximum absolute atomic E-state index is 12.3. The van der Waals surface area contributed by atoms with E-state index in [9.17, 15) is 26.3 Å². The number of anilines is 1. The summed E-state index contributed by atoms with van der Waals surface area (Å²) in [4.78, 5) is 8.35. The first-order valence-corrected chi connectivity index (χ1v) is 8.35. The molecule has 158 valence electrons. The van der Waals surface area contributed by atoms with Crippen LogP contribution in [0.1, 0.15) is 5.56 Å². The van der Waals surface area contributed by atoms with E-state index in [2.05, 4.69) is 24.8 Å². The molecular weight excluding hydrogens is 416 g/mol. The molecule has 0 unspecified atom stereocenters. The predicted molar refractivity (Wildman–Crippen MR) is 94.6 cm³/mol. The van der Waals surface area contributed by atoms with Gasteiger partial charge in [-0.3, -0.25) is 4.98 Å². The van der Waals surface area contributed by atoms with Gasteiger partial charge in [0, 0.05) is 24.5 Å². The average Bonchev–Trinajstić information content (AvgIpc) is 2.66. The first kappa shape index (κ1) is 21.2. The van der Waals surface area contributed by atoms with E-state index in [1.807, 2.05) is 0 Å². The molecule has 2 aromatic carbocycles.